The Morgan fingerprint density at radius 3 is 2.88 bits per heavy atom. The van der Waals surface area contributed by atoms with E-state index in [2.05, 4.69) is 9.89 Å². The van der Waals surface area contributed by atoms with Gasteiger partial charge in [0, 0.05) is 12.2 Å². The van der Waals surface area contributed by atoms with Gasteiger partial charge >= 0.3 is 0 Å². The lowest BCUT2D eigenvalue weighted by molar-refractivity contribution is 0.113. The van der Waals surface area contributed by atoms with Crippen molar-refractivity contribution in [3.05, 3.63) is 24.3 Å². The van der Waals surface area contributed by atoms with Gasteiger partial charge in [0.05, 0.1) is 18.9 Å². The third-order valence-electron chi connectivity index (χ3n) is 2.52. The summed E-state index contributed by atoms with van der Waals surface area (Å²) in [6.07, 6.45) is 1.22. The Morgan fingerprint density at radius 1 is 1.47 bits per heavy atom. The van der Waals surface area contributed by atoms with Crippen LogP contribution in [0.5, 0.6) is 0 Å². The van der Waals surface area contributed by atoms with Gasteiger partial charge in [-0.3, -0.25) is 10.7 Å². The first-order valence-electron chi connectivity index (χ1n) is 5.32. The number of rotatable bonds is 3. The lowest BCUT2D eigenvalue weighted by Crippen LogP contribution is -2.42. The van der Waals surface area contributed by atoms with Gasteiger partial charge in [0.15, 0.2) is 0 Å². The van der Waals surface area contributed by atoms with E-state index in [1.807, 2.05) is 29.7 Å². The van der Waals surface area contributed by atoms with E-state index in [4.69, 9.17) is 21.5 Å². The van der Waals surface area contributed by atoms with E-state index in [0.717, 1.165) is 17.9 Å². The van der Waals surface area contributed by atoms with Crippen LogP contribution in [0.25, 0.3) is 0 Å². The van der Waals surface area contributed by atoms with Crippen molar-refractivity contribution in [3.63, 3.8) is 0 Å². The Balaban J connectivity index is 2.08. The lowest BCUT2D eigenvalue weighted by atomic mass is 10.2. The third kappa shape index (κ3) is 3.09. The number of ether oxygens (including phenoxy) is 1. The maximum Gasteiger partial charge on any atom is 0.127 e. The van der Waals surface area contributed by atoms with Gasteiger partial charge in [-0.25, -0.2) is 4.99 Å². The monoisotopic (exact) mass is 255 g/mol. The smallest absolute Gasteiger partial charge is 0.127 e. The number of morpholine rings is 1. The summed E-state index contributed by atoms with van der Waals surface area (Å²) in [6, 6.07) is 7.62. The largest absolute Gasteiger partial charge is 0.376 e. The molecule has 0 aliphatic carbocycles. The van der Waals surface area contributed by atoms with E-state index in [1.165, 1.54) is 6.34 Å². The van der Waals surface area contributed by atoms with Crippen LogP contribution in [0.2, 0.25) is 0 Å². The molecule has 0 spiro atoms. The van der Waals surface area contributed by atoms with Gasteiger partial charge in [-0.2, -0.15) is 0 Å². The summed E-state index contributed by atoms with van der Waals surface area (Å²) in [7, 11) is 0. The molecule has 1 atom stereocenters. The molecule has 0 saturated carbocycles. The van der Waals surface area contributed by atoms with Crippen LogP contribution in [0.1, 0.15) is 0 Å². The molecular weight excluding hydrogens is 242 g/mol. The van der Waals surface area contributed by atoms with Gasteiger partial charge in [0.25, 0.3) is 0 Å². The Kier molecular flexibility index (Phi) is 4.19. The minimum atomic E-state index is -0.128. The highest BCUT2D eigenvalue weighted by Crippen LogP contribution is 2.24. The van der Waals surface area contributed by atoms with Gasteiger partial charge in [0.2, 0.25) is 0 Å². The Morgan fingerprint density at radius 2 is 2.24 bits per heavy atom. The fraction of sp³-hybridized carbons (Fsp3) is 0.364. The van der Waals surface area contributed by atoms with Crippen LogP contribution < -0.4 is 10.4 Å². The number of hydrogen-bond acceptors (Lipinski definition) is 4. The van der Waals surface area contributed by atoms with Crippen LogP contribution >= 0.6 is 11.6 Å². The minimum Gasteiger partial charge on any atom is -0.376 e. The summed E-state index contributed by atoms with van der Waals surface area (Å²) >= 11 is 6.17. The zero-order chi connectivity index (χ0) is 12.1. The van der Waals surface area contributed by atoms with E-state index in [-0.39, 0.29) is 5.50 Å². The Bertz CT molecular complexity index is 383. The highest BCUT2D eigenvalue weighted by molar-refractivity contribution is 6.22. The molecule has 1 aliphatic rings. The van der Waals surface area contributed by atoms with Crippen LogP contribution in [-0.4, -0.2) is 36.8 Å². The van der Waals surface area contributed by atoms with Crippen LogP contribution in [-0.2, 0) is 4.74 Å². The SMILES string of the molecule is ONC=Nc1ccc(N2CCOCC2Cl)cc1. The number of aliphatic imine (C=N–C) groups is 1. The quantitative estimate of drug-likeness (QED) is 0.284. The van der Waals surface area contributed by atoms with Gasteiger partial charge in [-0.1, -0.05) is 11.6 Å². The van der Waals surface area contributed by atoms with Crippen LogP contribution in [0, 0.1) is 0 Å². The first kappa shape index (κ1) is 12.2. The number of anilines is 1. The number of hydroxylamine groups is 1. The van der Waals surface area contributed by atoms with E-state index in [1.54, 1.807) is 0 Å². The fourth-order valence-corrected chi connectivity index (χ4v) is 2.00. The van der Waals surface area contributed by atoms with Gasteiger partial charge in [0.1, 0.15) is 11.8 Å². The lowest BCUT2D eigenvalue weighted by Gasteiger charge is -2.33. The molecule has 0 amide bonds. The van der Waals surface area contributed by atoms with Crippen molar-refractivity contribution in [2.24, 2.45) is 4.99 Å². The number of nitrogens with one attached hydrogen (secondary N) is 1. The third-order valence-corrected chi connectivity index (χ3v) is 2.88. The molecule has 1 aromatic rings. The summed E-state index contributed by atoms with van der Waals surface area (Å²) in [5.74, 6) is 0. The summed E-state index contributed by atoms with van der Waals surface area (Å²) in [5, 5.41) is 8.38. The molecule has 5 nitrogen and oxygen atoms in total. The van der Waals surface area contributed by atoms with Crippen molar-refractivity contribution < 1.29 is 9.94 Å². The second kappa shape index (κ2) is 5.86. The maximum absolute atomic E-state index is 8.38. The highest BCUT2D eigenvalue weighted by Gasteiger charge is 2.20. The molecule has 2 rings (SSSR count). The van der Waals surface area contributed by atoms with Gasteiger partial charge in [-0.05, 0) is 24.3 Å². The number of hydrogen-bond donors (Lipinski definition) is 2. The van der Waals surface area contributed by atoms with E-state index < -0.39 is 0 Å². The summed E-state index contributed by atoms with van der Waals surface area (Å²) < 4.78 is 5.28. The standard InChI is InChI=1S/C11H14ClN3O2/c12-11-7-17-6-5-15(11)10-3-1-9(2-4-10)13-8-14-16/h1-4,8,11,16H,5-7H2,(H,13,14). The molecule has 1 saturated heterocycles. The van der Waals surface area contributed by atoms with Crippen molar-refractivity contribution in [3.8, 4) is 0 Å². The second-order valence-electron chi connectivity index (χ2n) is 3.61. The van der Waals surface area contributed by atoms with E-state index >= 15 is 0 Å². The summed E-state index contributed by atoms with van der Waals surface area (Å²) in [4.78, 5) is 6.05. The van der Waals surface area contributed by atoms with Gasteiger partial charge in [-0.15, -0.1) is 0 Å². The predicted molar refractivity (Wildman–Crippen MR) is 67.3 cm³/mol. The molecule has 1 fully saturated rings. The van der Waals surface area contributed by atoms with E-state index in [0.29, 0.717) is 13.2 Å². The fourth-order valence-electron chi connectivity index (χ4n) is 1.70. The highest BCUT2D eigenvalue weighted by atomic mass is 35.5. The van der Waals surface area contributed by atoms with Gasteiger partial charge < -0.3 is 9.64 Å². The topological polar surface area (TPSA) is 57.1 Å². The molecule has 1 unspecified atom stereocenters. The summed E-state index contributed by atoms with van der Waals surface area (Å²) in [5.41, 5.74) is 3.54. The number of alkyl halides is 1. The first-order valence-corrected chi connectivity index (χ1v) is 5.75. The Labute approximate surface area is 105 Å². The molecule has 17 heavy (non-hydrogen) atoms. The molecule has 0 aromatic heterocycles. The molecular formula is C11H14ClN3O2. The Hall–Kier alpha value is -1.30. The zero-order valence-corrected chi connectivity index (χ0v) is 9.97. The normalized spacial score (nSPS) is 20.8. The molecule has 6 heteroatoms. The van der Waals surface area contributed by atoms with Crippen molar-refractivity contribution in [2.75, 3.05) is 24.7 Å². The van der Waals surface area contributed by atoms with Crippen molar-refractivity contribution in [2.45, 2.75) is 5.50 Å². The molecule has 1 heterocycles. The first-order chi connectivity index (χ1) is 8.31. The molecule has 1 aliphatic heterocycles. The average molecular weight is 256 g/mol. The molecule has 0 bridgehead atoms. The molecule has 92 valence electrons. The minimum absolute atomic E-state index is 0.128. The van der Waals surface area contributed by atoms with Crippen molar-refractivity contribution in [1.82, 2.24) is 5.48 Å². The predicted octanol–water partition coefficient (Wildman–Crippen LogP) is 1.73. The van der Waals surface area contributed by atoms with Crippen molar-refractivity contribution in [1.29, 1.82) is 0 Å². The maximum atomic E-state index is 8.38. The number of halogens is 1. The summed E-state index contributed by atoms with van der Waals surface area (Å²) in [6.45, 7) is 2.02. The van der Waals surface area contributed by atoms with Crippen LogP contribution in [0.3, 0.4) is 0 Å². The van der Waals surface area contributed by atoms with E-state index in [9.17, 15) is 0 Å². The number of nitrogens with zero attached hydrogens (tertiary/aromatic N) is 2. The molecule has 2 N–H and O–H groups in total. The number of benzene rings is 1. The van der Waals surface area contributed by atoms with Crippen LogP contribution in [0.4, 0.5) is 11.4 Å². The van der Waals surface area contributed by atoms with Crippen LogP contribution in [0.15, 0.2) is 29.3 Å². The zero-order valence-electron chi connectivity index (χ0n) is 9.21. The second-order valence-corrected chi connectivity index (χ2v) is 4.11. The molecule has 1 aromatic carbocycles. The molecule has 0 radical (unpaired) electrons. The average Bonchev–Trinajstić information content (AvgIpc) is 2.38. The van der Waals surface area contributed by atoms with Crippen molar-refractivity contribution >= 4 is 29.3 Å².